The van der Waals surface area contributed by atoms with Crippen molar-refractivity contribution in [2.75, 3.05) is 31.4 Å². The van der Waals surface area contributed by atoms with Gasteiger partial charge in [-0.2, -0.15) is 8.42 Å². The zero-order valence-electron chi connectivity index (χ0n) is 23.3. The van der Waals surface area contributed by atoms with Crippen LogP contribution < -0.4 is 10.1 Å². The molecule has 3 aromatic carbocycles. The first-order chi connectivity index (χ1) is 18.4. The van der Waals surface area contributed by atoms with E-state index in [9.17, 15) is 13.2 Å². The Morgan fingerprint density at radius 3 is 2.21 bits per heavy atom. The Balaban J connectivity index is 0.000000976. The maximum atomic E-state index is 10.8. The molecule has 3 rings (SSSR count). The highest BCUT2D eigenvalue weighted by Gasteiger charge is 2.10. The summed E-state index contributed by atoms with van der Waals surface area (Å²) in [5, 5.41) is 12.4. The Labute approximate surface area is 231 Å². The van der Waals surface area contributed by atoms with Gasteiger partial charge in [-0.3, -0.25) is 9.35 Å². The SMILES string of the molecule is CCOCCOc1cc(C)c(-c2cccc(CNc3ccc(CCC(=O)O)c(C)c3)c2)c(C)c1.CS(=O)(=O)O. The number of rotatable bonds is 12. The van der Waals surface area contributed by atoms with Gasteiger partial charge in [0.05, 0.1) is 12.9 Å². The fourth-order valence-electron chi connectivity index (χ4n) is 4.19. The molecule has 212 valence electrons. The lowest BCUT2D eigenvalue weighted by Crippen LogP contribution is -2.06. The van der Waals surface area contributed by atoms with Gasteiger partial charge in [0.1, 0.15) is 12.4 Å². The van der Waals surface area contributed by atoms with E-state index in [1.165, 1.54) is 27.8 Å². The third-order valence-corrected chi connectivity index (χ3v) is 5.87. The number of benzene rings is 3. The van der Waals surface area contributed by atoms with Crippen LogP contribution in [-0.4, -0.2) is 50.1 Å². The minimum absolute atomic E-state index is 0.152. The van der Waals surface area contributed by atoms with Crippen molar-refractivity contribution in [1.82, 2.24) is 0 Å². The van der Waals surface area contributed by atoms with Crippen molar-refractivity contribution in [2.24, 2.45) is 0 Å². The summed E-state index contributed by atoms with van der Waals surface area (Å²) in [5.41, 5.74) is 9.20. The summed E-state index contributed by atoms with van der Waals surface area (Å²) < 4.78 is 37.1. The molecule has 8 nitrogen and oxygen atoms in total. The van der Waals surface area contributed by atoms with Crippen LogP contribution in [0.25, 0.3) is 11.1 Å². The fraction of sp³-hybridized carbons (Fsp3) is 0.367. The van der Waals surface area contributed by atoms with E-state index in [1.807, 2.05) is 26.0 Å². The number of aryl methyl sites for hydroxylation is 4. The molecule has 3 aromatic rings. The molecule has 0 unspecified atom stereocenters. The van der Waals surface area contributed by atoms with E-state index in [-0.39, 0.29) is 6.42 Å². The number of hydrogen-bond donors (Lipinski definition) is 3. The molecular weight excluding hydrogens is 518 g/mol. The van der Waals surface area contributed by atoms with Crippen molar-refractivity contribution in [3.8, 4) is 16.9 Å². The van der Waals surface area contributed by atoms with E-state index in [0.29, 0.717) is 39.0 Å². The molecule has 0 atom stereocenters. The Bertz CT molecular complexity index is 1320. The van der Waals surface area contributed by atoms with E-state index in [4.69, 9.17) is 19.1 Å². The van der Waals surface area contributed by atoms with Gasteiger partial charge in [-0.1, -0.05) is 24.3 Å². The Morgan fingerprint density at radius 2 is 1.62 bits per heavy atom. The van der Waals surface area contributed by atoms with E-state index in [2.05, 4.69) is 61.6 Å². The maximum Gasteiger partial charge on any atom is 0.303 e. The molecule has 0 amide bonds. The molecule has 39 heavy (non-hydrogen) atoms. The fourth-order valence-corrected chi connectivity index (χ4v) is 4.19. The van der Waals surface area contributed by atoms with E-state index < -0.39 is 16.1 Å². The molecule has 0 heterocycles. The minimum atomic E-state index is -3.67. The molecule has 0 saturated carbocycles. The number of carboxylic acid groups (broad SMARTS) is 1. The third-order valence-electron chi connectivity index (χ3n) is 5.87. The summed E-state index contributed by atoms with van der Waals surface area (Å²) in [6.07, 6.45) is 1.42. The van der Waals surface area contributed by atoms with Crippen molar-refractivity contribution >= 4 is 21.8 Å². The van der Waals surface area contributed by atoms with Crippen LogP contribution in [-0.2, 0) is 32.6 Å². The van der Waals surface area contributed by atoms with Gasteiger partial charge in [0, 0.05) is 25.3 Å². The highest BCUT2D eigenvalue weighted by molar-refractivity contribution is 7.85. The van der Waals surface area contributed by atoms with Crippen molar-refractivity contribution in [2.45, 2.75) is 47.1 Å². The molecule has 0 aliphatic heterocycles. The lowest BCUT2D eigenvalue weighted by Gasteiger charge is -2.15. The first-order valence-corrected chi connectivity index (χ1v) is 14.6. The van der Waals surface area contributed by atoms with Crippen LogP contribution in [0.4, 0.5) is 5.69 Å². The number of ether oxygens (including phenoxy) is 2. The van der Waals surface area contributed by atoms with Crippen molar-refractivity contribution in [1.29, 1.82) is 0 Å². The molecule has 0 fully saturated rings. The van der Waals surface area contributed by atoms with Crippen LogP contribution >= 0.6 is 0 Å². The molecule has 0 aliphatic rings. The molecular formula is C30H39NO7S. The average Bonchev–Trinajstić information content (AvgIpc) is 2.83. The Morgan fingerprint density at radius 1 is 0.949 bits per heavy atom. The monoisotopic (exact) mass is 557 g/mol. The van der Waals surface area contributed by atoms with Gasteiger partial charge < -0.3 is 19.9 Å². The van der Waals surface area contributed by atoms with Crippen LogP contribution in [0.2, 0.25) is 0 Å². The second kappa shape index (κ2) is 15.3. The number of aliphatic carboxylic acids is 1. The lowest BCUT2D eigenvalue weighted by atomic mass is 9.94. The Kier molecular flexibility index (Phi) is 12.4. The van der Waals surface area contributed by atoms with Gasteiger partial charge in [-0.15, -0.1) is 0 Å². The zero-order valence-corrected chi connectivity index (χ0v) is 24.1. The third kappa shape index (κ3) is 11.9. The van der Waals surface area contributed by atoms with Crippen LogP contribution in [0.15, 0.2) is 54.6 Å². The van der Waals surface area contributed by atoms with Gasteiger partial charge in [0.15, 0.2) is 0 Å². The first-order valence-electron chi connectivity index (χ1n) is 12.8. The topological polar surface area (TPSA) is 122 Å². The summed E-state index contributed by atoms with van der Waals surface area (Å²) in [4.78, 5) is 10.8. The second-order valence-electron chi connectivity index (χ2n) is 9.30. The van der Waals surface area contributed by atoms with Crippen molar-refractivity contribution in [3.63, 3.8) is 0 Å². The Hall–Kier alpha value is -3.40. The predicted molar refractivity (Wildman–Crippen MR) is 155 cm³/mol. The van der Waals surface area contributed by atoms with Gasteiger partial charge in [-0.05, 0) is 103 Å². The summed E-state index contributed by atoms with van der Waals surface area (Å²) in [5.74, 6) is 0.106. The lowest BCUT2D eigenvalue weighted by molar-refractivity contribution is -0.136. The van der Waals surface area contributed by atoms with Crippen molar-refractivity contribution < 1.29 is 32.3 Å². The molecule has 0 radical (unpaired) electrons. The molecule has 0 saturated heterocycles. The predicted octanol–water partition coefficient (Wildman–Crippen LogP) is 5.83. The number of nitrogens with one attached hydrogen (secondary N) is 1. The van der Waals surface area contributed by atoms with Gasteiger partial charge in [0.25, 0.3) is 10.1 Å². The van der Waals surface area contributed by atoms with Crippen LogP contribution in [0, 0.1) is 20.8 Å². The summed E-state index contributed by atoms with van der Waals surface area (Å²) in [7, 11) is -3.67. The largest absolute Gasteiger partial charge is 0.491 e. The van der Waals surface area contributed by atoms with E-state index in [0.717, 1.165) is 22.6 Å². The molecule has 0 spiro atoms. The smallest absolute Gasteiger partial charge is 0.303 e. The number of anilines is 1. The molecule has 9 heteroatoms. The summed E-state index contributed by atoms with van der Waals surface area (Å²) in [6, 6.07) is 18.9. The van der Waals surface area contributed by atoms with E-state index in [1.54, 1.807) is 0 Å². The van der Waals surface area contributed by atoms with E-state index >= 15 is 0 Å². The normalized spacial score (nSPS) is 10.9. The number of carbonyl (C=O) groups is 1. The van der Waals surface area contributed by atoms with Gasteiger partial charge in [0.2, 0.25) is 0 Å². The maximum absolute atomic E-state index is 10.8. The molecule has 0 bridgehead atoms. The highest BCUT2D eigenvalue weighted by atomic mass is 32.2. The van der Waals surface area contributed by atoms with Gasteiger partial charge >= 0.3 is 5.97 Å². The first kappa shape index (κ1) is 31.8. The number of carboxylic acids is 1. The van der Waals surface area contributed by atoms with Gasteiger partial charge in [-0.25, -0.2) is 0 Å². The molecule has 3 N–H and O–H groups in total. The summed E-state index contributed by atoms with van der Waals surface area (Å²) in [6.45, 7) is 10.8. The quantitative estimate of drug-likeness (QED) is 0.188. The second-order valence-corrected chi connectivity index (χ2v) is 10.8. The standard InChI is InChI=1S/C29H35NO4.CH4O3S/c1-5-33-13-14-34-27-16-21(3)29(22(4)17-27)25-8-6-7-23(18-25)19-30-26-11-9-24(20(2)15-26)10-12-28(31)32;1-5(2,3)4/h6-9,11,15-18,30H,5,10,12-14,19H2,1-4H3,(H,31,32);1H3,(H,2,3,4). The minimum Gasteiger partial charge on any atom is -0.491 e. The average molecular weight is 558 g/mol. The van der Waals surface area contributed by atoms with Crippen LogP contribution in [0.5, 0.6) is 5.75 Å². The summed E-state index contributed by atoms with van der Waals surface area (Å²) >= 11 is 0. The zero-order chi connectivity index (χ0) is 29.0. The van der Waals surface area contributed by atoms with Crippen LogP contribution in [0.1, 0.15) is 41.2 Å². The molecule has 0 aromatic heterocycles. The van der Waals surface area contributed by atoms with Crippen LogP contribution in [0.3, 0.4) is 0 Å². The molecule has 0 aliphatic carbocycles. The number of hydrogen-bond acceptors (Lipinski definition) is 6. The highest BCUT2D eigenvalue weighted by Crippen LogP contribution is 2.31. The van der Waals surface area contributed by atoms with Crippen molar-refractivity contribution in [3.05, 3.63) is 82.4 Å².